The van der Waals surface area contributed by atoms with Gasteiger partial charge in [-0.15, -0.1) is 0 Å². The number of carbonyl (C=O) groups excluding carboxylic acids is 3. The standard InChI is InChI=1S/C19H19N3O4/c1-12(2)26-17-8-7-13(10-21-17)9-20-16(23)11-22-18(24)14-5-3-4-6-15(14)19(22)25/h3-8,10,12H,9,11H2,1-2H3,(H,20,23). The predicted octanol–water partition coefficient (Wildman–Crippen LogP) is 1.78. The van der Waals surface area contributed by atoms with Gasteiger partial charge in [-0.05, 0) is 31.5 Å². The van der Waals surface area contributed by atoms with Gasteiger partial charge in [0.25, 0.3) is 11.8 Å². The first-order valence-corrected chi connectivity index (χ1v) is 8.29. The molecule has 1 aromatic heterocycles. The smallest absolute Gasteiger partial charge is 0.262 e. The third kappa shape index (κ3) is 3.72. The molecule has 0 unspecified atom stereocenters. The molecule has 0 spiro atoms. The fourth-order valence-electron chi connectivity index (χ4n) is 2.61. The maximum atomic E-state index is 12.2. The first-order chi connectivity index (χ1) is 12.5. The van der Waals surface area contributed by atoms with Gasteiger partial charge in [0.05, 0.1) is 17.2 Å². The van der Waals surface area contributed by atoms with Crippen molar-refractivity contribution < 1.29 is 19.1 Å². The van der Waals surface area contributed by atoms with E-state index >= 15 is 0 Å². The summed E-state index contributed by atoms with van der Waals surface area (Å²) in [6.07, 6.45) is 1.65. The second-order valence-electron chi connectivity index (χ2n) is 6.19. The van der Waals surface area contributed by atoms with Crippen LogP contribution in [0.3, 0.4) is 0 Å². The van der Waals surface area contributed by atoms with E-state index in [4.69, 9.17) is 4.74 Å². The highest BCUT2D eigenvalue weighted by Crippen LogP contribution is 2.21. The zero-order valence-corrected chi connectivity index (χ0v) is 14.6. The second kappa shape index (κ2) is 7.35. The van der Waals surface area contributed by atoms with E-state index in [1.165, 1.54) is 0 Å². The quantitative estimate of drug-likeness (QED) is 0.800. The number of benzene rings is 1. The summed E-state index contributed by atoms with van der Waals surface area (Å²) in [6, 6.07) is 10.1. The van der Waals surface area contributed by atoms with Crippen LogP contribution in [0.5, 0.6) is 5.88 Å². The fourth-order valence-corrected chi connectivity index (χ4v) is 2.61. The Hall–Kier alpha value is -3.22. The molecule has 0 bridgehead atoms. The summed E-state index contributed by atoms with van der Waals surface area (Å²) < 4.78 is 5.46. The normalized spacial score (nSPS) is 13.1. The number of ether oxygens (including phenoxy) is 1. The number of nitrogens with zero attached hydrogens (tertiary/aromatic N) is 2. The number of amides is 3. The van der Waals surface area contributed by atoms with E-state index in [1.54, 1.807) is 42.6 Å². The van der Waals surface area contributed by atoms with Gasteiger partial charge in [0.2, 0.25) is 11.8 Å². The lowest BCUT2D eigenvalue weighted by Crippen LogP contribution is -2.40. The summed E-state index contributed by atoms with van der Waals surface area (Å²) >= 11 is 0. The van der Waals surface area contributed by atoms with Gasteiger partial charge in [-0.2, -0.15) is 0 Å². The number of pyridine rings is 1. The summed E-state index contributed by atoms with van der Waals surface area (Å²) in [4.78, 5) is 41.7. The molecule has 0 saturated carbocycles. The van der Waals surface area contributed by atoms with Gasteiger partial charge in [0.15, 0.2) is 0 Å². The lowest BCUT2D eigenvalue weighted by Gasteiger charge is -2.14. The van der Waals surface area contributed by atoms with Crippen LogP contribution in [-0.2, 0) is 11.3 Å². The highest BCUT2D eigenvalue weighted by molar-refractivity contribution is 6.22. The van der Waals surface area contributed by atoms with Gasteiger partial charge in [-0.1, -0.05) is 18.2 Å². The van der Waals surface area contributed by atoms with Crippen molar-refractivity contribution in [3.8, 4) is 5.88 Å². The van der Waals surface area contributed by atoms with Gasteiger partial charge < -0.3 is 10.1 Å². The molecule has 3 rings (SSSR count). The Morgan fingerprint density at radius 1 is 1.12 bits per heavy atom. The van der Waals surface area contributed by atoms with Gasteiger partial charge >= 0.3 is 0 Å². The topological polar surface area (TPSA) is 88.6 Å². The molecule has 1 aliphatic heterocycles. The Kier molecular flexibility index (Phi) is 4.97. The van der Waals surface area contributed by atoms with Crippen LogP contribution in [0.15, 0.2) is 42.6 Å². The number of hydrogen-bond donors (Lipinski definition) is 1. The average molecular weight is 353 g/mol. The summed E-state index contributed by atoms with van der Waals surface area (Å²) in [7, 11) is 0. The Balaban J connectivity index is 1.55. The first-order valence-electron chi connectivity index (χ1n) is 8.29. The molecule has 0 aliphatic carbocycles. The van der Waals surface area contributed by atoms with E-state index in [9.17, 15) is 14.4 Å². The van der Waals surface area contributed by atoms with Crippen LogP contribution in [0.1, 0.15) is 40.1 Å². The van der Waals surface area contributed by atoms with Crippen LogP contribution < -0.4 is 10.1 Å². The number of rotatable bonds is 6. The minimum absolute atomic E-state index is 0.0349. The van der Waals surface area contributed by atoms with Gasteiger partial charge in [-0.25, -0.2) is 4.98 Å². The molecule has 0 atom stereocenters. The van der Waals surface area contributed by atoms with Crippen molar-refractivity contribution in [2.24, 2.45) is 0 Å². The second-order valence-corrected chi connectivity index (χ2v) is 6.19. The average Bonchev–Trinajstić information content (AvgIpc) is 2.86. The largest absolute Gasteiger partial charge is 0.475 e. The lowest BCUT2D eigenvalue weighted by molar-refractivity contribution is -0.121. The molecule has 3 amide bonds. The summed E-state index contributed by atoms with van der Waals surface area (Å²) in [5, 5.41) is 2.69. The minimum atomic E-state index is -0.447. The zero-order chi connectivity index (χ0) is 18.7. The van der Waals surface area contributed by atoms with Gasteiger partial charge in [0, 0.05) is 18.8 Å². The van der Waals surface area contributed by atoms with E-state index < -0.39 is 17.7 Å². The molecule has 1 aliphatic rings. The van der Waals surface area contributed by atoms with Crippen molar-refractivity contribution in [1.82, 2.24) is 15.2 Å². The molecule has 7 heteroatoms. The molecule has 1 N–H and O–H groups in total. The van der Waals surface area contributed by atoms with Crippen LogP contribution >= 0.6 is 0 Å². The Morgan fingerprint density at radius 2 is 1.77 bits per heavy atom. The molecule has 26 heavy (non-hydrogen) atoms. The van der Waals surface area contributed by atoms with E-state index in [1.807, 2.05) is 13.8 Å². The Morgan fingerprint density at radius 3 is 2.31 bits per heavy atom. The monoisotopic (exact) mass is 353 g/mol. The van der Waals surface area contributed by atoms with Crippen molar-refractivity contribution in [3.05, 3.63) is 59.3 Å². The highest BCUT2D eigenvalue weighted by Gasteiger charge is 2.36. The Bertz CT molecular complexity index is 811. The molecule has 1 aromatic carbocycles. The van der Waals surface area contributed by atoms with Crippen molar-refractivity contribution >= 4 is 17.7 Å². The molecular formula is C19H19N3O4. The molecule has 134 valence electrons. The molecule has 0 fully saturated rings. The van der Waals surface area contributed by atoms with E-state index in [0.29, 0.717) is 17.0 Å². The minimum Gasteiger partial charge on any atom is -0.475 e. The SMILES string of the molecule is CC(C)Oc1ccc(CNC(=O)CN2C(=O)c3ccccc3C2=O)cn1. The summed E-state index contributed by atoms with van der Waals surface area (Å²) in [6.45, 7) is 3.76. The summed E-state index contributed by atoms with van der Waals surface area (Å²) in [5.74, 6) is -0.793. The molecule has 0 saturated heterocycles. The maximum Gasteiger partial charge on any atom is 0.262 e. The van der Waals surface area contributed by atoms with Crippen LogP contribution in [-0.4, -0.2) is 40.3 Å². The van der Waals surface area contributed by atoms with Crippen molar-refractivity contribution in [1.29, 1.82) is 0 Å². The molecule has 2 aromatic rings. The number of carbonyl (C=O) groups is 3. The predicted molar refractivity (Wildman–Crippen MR) is 93.7 cm³/mol. The van der Waals surface area contributed by atoms with Crippen molar-refractivity contribution in [2.75, 3.05) is 6.54 Å². The van der Waals surface area contributed by atoms with Crippen molar-refractivity contribution in [3.63, 3.8) is 0 Å². The first kappa shape index (κ1) is 17.6. The number of fused-ring (bicyclic) bond motifs is 1. The van der Waals surface area contributed by atoms with E-state index in [2.05, 4.69) is 10.3 Å². The van der Waals surface area contributed by atoms with E-state index in [0.717, 1.165) is 10.5 Å². The van der Waals surface area contributed by atoms with Gasteiger partial charge in [-0.3, -0.25) is 19.3 Å². The fraction of sp³-hybridized carbons (Fsp3) is 0.263. The number of hydrogen-bond acceptors (Lipinski definition) is 5. The number of imide groups is 1. The zero-order valence-electron chi connectivity index (χ0n) is 14.6. The maximum absolute atomic E-state index is 12.2. The third-order valence-corrected chi connectivity index (χ3v) is 3.82. The van der Waals surface area contributed by atoms with Crippen LogP contribution in [0.4, 0.5) is 0 Å². The van der Waals surface area contributed by atoms with Gasteiger partial charge in [0.1, 0.15) is 6.54 Å². The highest BCUT2D eigenvalue weighted by atomic mass is 16.5. The van der Waals surface area contributed by atoms with Crippen LogP contribution in [0.25, 0.3) is 0 Å². The van der Waals surface area contributed by atoms with Crippen LogP contribution in [0.2, 0.25) is 0 Å². The summed E-state index contributed by atoms with van der Waals surface area (Å²) in [5.41, 5.74) is 1.45. The molecule has 0 radical (unpaired) electrons. The van der Waals surface area contributed by atoms with Crippen LogP contribution in [0, 0.1) is 0 Å². The number of nitrogens with one attached hydrogen (secondary N) is 1. The molecule has 2 heterocycles. The molecule has 7 nitrogen and oxygen atoms in total. The Labute approximate surface area is 151 Å². The number of aromatic nitrogens is 1. The van der Waals surface area contributed by atoms with E-state index in [-0.39, 0.29) is 19.2 Å². The van der Waals surface area contributed by atoms with Crippen molar-refractivity contribution in [2.45, 2.75) is 26.5 Å². The molecular weight excluding hydrogens is 334 g/mol. The third-order valence-electron chi connectivity index (χ3n) is 3.82. The lowest BCUT2D eigenvalue weighted by atomic mass is 10.1.